The Bertz CT molecular complexity index is 578. The molecule has 1 aromatic rings. The lowest BCUT2D eigenvalue weighted by molar-refractivity contribution is 0.0792. The van der Waals surface area contributed by atoms with Crippen molar-refractivity contribution in [1.82, 2.24) is 10.2 Å². The van der Waals surface area contributed by atoms with Crippen LogP contribution in [0.15, 0.2) is 18.2 Å². The van der Waals surface area contributed by atoms with Crippen LogP contribution in [0.3, 0.4) is 0 Å². The van der Waals surface area contributed by atoms with Gasteiger partial charge in [-0.3, -0.25) is 4.79 Å². The summed E-state index contributed by atoms with van der Waals surface area (Å²) in [5.74, 6) is 0.456. The van der Waals surface area contributed by atoms with Gasteiger partial charge in [0, 0.05) is 30.4 Å². The molecule has 1 fully saturated rings. The molecule has 1 heterocycles. The molecular formula is C18H27N3O2. The first-order valence-corrected chi connectivity index (χ1v) is 8.36. The van der Waals surface area contributed by atoms with Gasteiger partial charge in [0.25, 0.3) is 5.91 Å². The second-order valence-electron chi connectivity index (χ2n) is 6.66. The van der Waals surface area contributed by atoms with Gasteiger partial charge in [-0.1, -0.05) is 13.8 Å². The van der Waals surface area contributed by atoms with E-state index in [9.17, 15) is 9.59 Å². The Labute approximate surface area is 138 Å². The largest absolute Gasteiger partial charge is 0.339 e. The van der Waals surface area contributed by atoms with Crippen LogP contribution in [0.1, 0.15) is 49.5 Å². The Hall–Kier alpha value is -2.04. The quantitative estimate of drug-likeness (QED) is 0.894. The summed E-state index contributed by atoms with van der Waals surface area (Å²) in [7, 11) is 0. The number of hydrogen-bond donors (Lipinski definition) is 2. The van der Waals surface area contributed by atoms with Crippen molar-refractivity contribution in [1.29, 1.82) is 0 Å². The van der Waals surface area contributed by atoms with Crippen LogP contribution in [-0.4, -0.2) is 36.0 Å². The standard InChI is InChI=1S/C18H27N3O2/c1-12(2)14(4)19-18(23)20-16-8-7-15(11-13(16)3)17(22)21-9-5-6-10-21/h7-8,11-12,14H,5-6,9-10H2,1-4H3,(H2,19,20,23). The van der Waals surface area contributed by atoms with E-state index in [1.165, 1.54) is 0 Å². The molecular weight excluding hydrogens is 290 g/mol. The fourth-order valence-corrected chi connectivity index (χ4v) is 2.57. The van der Waals surface area contributed by atoms with Crippen LogP contribution in [-0.2, 0) is 0 Å². The zero-order valence-electron chi connectivity index (χ0n) is 14.5. The van der Waals surface area contributed by atoms with Crippen molar-refractivity contribution in [2.24, 2.45) is 5.92 Å². The van der Waals surface area contributed by atoms with Gasteiger partial charge < -0.3 is 15.5 Å². The first-order chi connectivity index (χ1) is 10.9. The Morgan fingerprint density at radius 3 is 2.35 bits per heavy atom. The van der Waals surface area contributed by atoms with Gasteiger partial charge in [-0.2, -0.15) is 0 Å². The lowest BCUT2D eigenvalue weighted by Crippen LogP contribution is -2.39. The molecule has 0 bridgehead atoms. The molecule has 1 aromatic carbocycles. The molecule has 2 rings (SSSR count). The summed E-state index contributed by atoms with van der Waals surface area (Å²) >= 11 is 0. The van der Waals surface area contributed by atoms with Crippen LogP contribution < -0.4 is 10.6 Å². The van der Waals surface area contributed by atoms with Crippen molar-refractivity contribution in [3.63, 3.8) is 0 Å². The Morgan fingerprint density at radius 1 is 1.13 bits per heavy atom. The second kappa shape index (κ2) is 7.49. The number of benzene rings is 1. The number of nitrogens with zero attached hydrogens (tertiary/aromatic N) is 1. The number of likely N-dealkylation sites (tertiary alicyclic amines) is 1. The molecule has 1 unspecified atom stereocenters. The molecule has 126 valence electrons. The van der Waals surface area contributed by atoms with Gasteiger partial charge in [-0.25, -0.2) is 4.79 Å². The Morgan fingerprint density at radius 2 is 1.78 bits per heavy atom. The van der Waals surface area contributed by atoms with E-state index in [0.29, 0.717) is 11.5 Å². The molecule has 0 aliphatic carbocycles. The fraction of sp³-hybridized carbons (Fsp3) is 0.556. The molecule has 5 nitrogen and oxygen atoms in total. The van der Waals surface area contributed by atoms with Crippen LogP contribution in [0.2, 0.25) is 0 Å². The van der Waals surface area contributed by atoms with Gasteiger partial charge in [0.2, 0.25) is 0 Å². The lowest BCUT2D eigenvalue weighted by Gasteiger charge is -2.19. The van der Waals surface area contributed by atoms with Crippen molar-refractivity contribution >= 4 is 17.6 Å². The zero-order valence-corrected chi connectivity index (χ0v) is 14.5. The van der Waals surface area contributed by atoms with E-state index in [1.807, 2.05) is 24.8 Å². The van der Waals surface area contributed by atoms with E-state index in [1.54, 1.807) is 12.1 Å². The molecule has 5 heteroatoms. The molecule has 0 aromatic heterocycles. The summed E-state index contributed by atoms with van der Waals surface area (Å²) in [6.07, 6.45) is 2.16. The normalized spacial score (nSPS) is 15.6. The topological polar surface area (TPSA) is 61.4 Å². The molecule has 0 saturated carbocycles. The van der Waals surface area contributed by atoms with E-state index in [4.69, 9.17) is 0 Å². The number of carbonyl (C=O) groups is 2. The maximum atomic E-state index is 12.4. The van der Waals surface area contributed by atoms with E-state index in [2.05, 4.69) is 24.5 Å². The third-order valence-electron chi connectivity index (χ3n) is 4.47. The summed E-state index contributed by atoms with van der Waals surface area (Å²) in [5, 5.41) is 5.77. The predicted molar refractivity (Wildman–Crippen MR) is 92.8 cm³/mol. The Balaban J connectivity index is 2.01. The third-order valence-corrected chi connectivity index (χ3v) is 4.47. The minimum atomic E-state index is -0.215. The van der Waals surface area contributed by atoms with Gasteiger partial charge in [0.15, 0.2) is 0 Å². The van der Waals surface area contributed by atoms with Gasteiger partial charge in [0.05, 0.1) is 0 Å². The third kappa shape index (κ3) is 4.47. The average molecular weight is 317 g/mol. The molecule has 1 saturated heterocycles. The number of carbonyl (C=O) groups excluding carboxylic acids is 2. The van der Waals surface area contributed by atoms with Crippen LogP contribution in [0.25, 0.3) is 0 Å². The first kappa shape index (κ1) is 17.3. The van der Waals surface area contributed by atoms with Crippen molar-refractivity contribution < 1.29 is 9.59 Å². The number of urea groups is 1. The summed E-state index contributed by atoms with van der Waals surface area (Å²) in [6, 6.07) is 5.33. The maximum Gasteiger partial charge on any atom is 0.319 e. The van der Waals surface area contributed by atoms with E-state index in [-0.39, 0.29) is 18.0 Å². The number of rotatable bonds is 4. The van der Waals surface area contributed by atoms with Gasteiger partial charge in [-0.15, -0.1) is 0 Å². The van der Waals surface area contributed by atoms with Crippen LogP contribution in [0.4, 0.5) is 10.5 Å². The highest BCUT2D eigenvalue weighted by Crippen LogP contribution is 2.19. The van der Waals surface area contributed by atoms with Gasteiger partial charge in [-0.05, 0) is 56.4 Å². The first-order valence-electron chi connectivity index (χ1n) is 8.36. The van der Waals surface area contributed by atoms with Crippen LogP contribution in [0, 0.1) is 12.8 Å². The van der Waals surface area contributed by atoms with E-state index in [0.717, 1.165) is 37.2 Å². The van der Waals surface area contributed by atoms with Gasteiger partial charge >= 0.3 is 6.03 Å². The number of amides is 3. The zero-order chi connectivity index (χ0) is 17.0. The van der Waals surface area contributed by atoms with Crippen molar-refractivity contribution in [2.45, 2.75) is 46.6 Å². The van der Waals surface area contributed by atoms with E-state index < -0.39 is 0 Å². The average Bonchev–Trinajstić information content (AvgIpc) is 3.02. The highest BCUT2D eigenvalue weighted by atomic mass is 16.2. The minimum absolute atomic E-state index is 0.0787. The molecule has 1 aliphatic heterocycles. The fourth-order valence-electron chi connectivity index (χ4n) is 2.57. The van der Waals surface area contributed by atoms with E-state index >= 15 is 0 Å². The van der Waals surface area contributed by atoms with Crippen molar-refractivity contribution in [2.75, 3.05) is 18.4 Å². The van der Waals surface area contributed by atoms with Crippen LogP contribution >= 0.6 is 0 Å². The number of aryl methyl sites for hydroxylation is 1. The summed E-state index contributed by atoms with van der Waals surface area (Å²) in [6.45, 7) is 9.70. The molecule has 1 aliphatic rings. The molecule has 3 amide bonds. The molecule has 2 N–H and O–H groups in total. The molecule has 1 atom stereocenters. The minimum Gasteiger partial charge on any atom is -0.339 e. The van der Waals surface area contributed by atoms with Crippen molar-refractivity contribution in [3.8, 4) is 0 Å². The van der Waals surface area contributed by atoms with Crippen LogP contribution in [0.5, 0.6) is 0 Å². The second-order valence-corrected chi connectivity index (χ2v) is 6.66. The van der Waals surface area contributed by atoms with Crippen molar-refractivity contribution in [3.05, 3.63) is 29.3 Å². The summed E-state index contributed by atoms with van der Waals surface area (Å²) < 4.78 is 0. The number of anilines is 1. The highest BCUT2D eigenvalue weighted by molar-refractivity contribution is 5.96. The predicted octanol–water partition coefficient (Wildman–Crippen LogP) is 3.40. The number of nitrogens with one attached hydrogen (secondary N) is 2. The van der Waals surface area contributed by atoms with Gasteiger partial charge in [0.1, 0.15) is 0 Å². The molecule has 0 radical (unpaired) electrons. The smallest absolute Gasteiger partial charge is 0.319 e. The number of hydrogen-bond acceptors (Lipinski definition) is 2. The monoisotopic (exact) mass is 317 g/mol. The molecule has 23 heavy (non-hydrogen) atoms. The SMILES string of the molecule is Cc1cc(C(=O)N2CCCC2)ccc1NC(=O)NC(C)C(C)C. The highest BCUT2D eigenvalue weighted by Gasteiger charge is 2.20. The Kier molecular flexibility index (Phi) is 5.64. The summed E-state index contributed by atoms with van der Waals surface area (Å²) in [4.78, 5) is 26.3. The molecule has 0 spiro atoms. The maximum absolute atomic E-state index is 12.4. The summed E-state index contributed by atoms with van der Waals surface area (Å²) in [5.41, 5.74) is 2.31. The lowest BCUT2D eigenvalue weighted by atomic mass is 10.1.